The van der Waals surface area contributed by atoms with Crippen molar-refractivity contribution in [3.8, 4) is 0 Å². The van der Waals surface area contributed by atoms with Crippen LogP contribution in [0.25, 0.3) is 0 Å². The summed E-state index contributed by atoms with van der Waals surface area (Å²) >= 11 is 0. The predicted octanol–water partition coefficient (Wildman–Crippen LogP) is 0.0504. The summed E-state index contributed by atoms with van der Waals surface area (Å²) in [5.74, 6) is -1.44. The van der Waals surface area contributed by atoms with Gasteiger partial charge in [-0.05, 0) is 0 Å². The molecule has 0 saturated carbocycles. The molecule has 4 nitrogen and oxygen atoms in total. The van der Waals surface area contributed by atoms with E-state index in [-0.39, 0.29) is 18.8 Å². The van der Waals surface area contributed by atoms with Gasteiger partial charge in [-0.3, -0.25) is 0 Å². The number of carboxylic acids is 1. The van der Waals surface area contributed by atoms with Gasteiger partial charge in [0.1, 0.15) is 5.76 Å². The van der Waals surface area contributed by atoms with E-state index in [2.05, 4.69) is 5.73 Å². The number of carbonyl (C=O) groups is 1. The summed E-state index contributed by atoms with van der Waals surface area (Å²) in [6, 6.07) is 0. The maximum Gasteiger partial charge on any atom is 0.336 e. The SMILES string of the molecule is O=C(O)C=C=C(O)CCO. The van der Waals surface area contributed by atoms with Crippen molar-refractivity contribution < 1.29 is 20.1 Å². The van der Waals surface area contributed by atoms with Gasteiger partial charge in [0.25, 0.3) is 0 Å². The predicted molar refractivity (Wildman–Crippen MR) is 33.6 cm³/mol. The van der Waals surface area contributed by atoms with Crippen molar-refractivity contribution in [2.24, 2.45) is 0 Å². The van der Waals surface area contributed by atoms with Gasteiger partial charge in [-0.25, -0.2) is 4.79 Å². The van der Waals surface area contributed by atoms with Gasteiger partial charge < -0.3 is 15.3 Å². The Morgan fingerprint density at radius 3 is 2.50 bits per heavy atom. The number of aliphatic hydroxyl groups is 2. The van der Waals surface area contributed by atoms with E-state index in [0.29, 0.717) is 6.08 Å². The first-order chi connectivity index (χ1) is 4.66. The molecular weight excluding hydrogens is 136 g/mol. The monoisotopic (exact) mass is 144 g/mol. The summed E-state index contributed by atoms with van der Waals surface area (Å²) in [7, 11) is 0. The van der Waals surface area contributed by atoms with Gasteiger partial charge in [0.05, 0.1) is 12.7 Å². The van der Waals surface area contributed by atoms with Gasteiger partial charge in [-0.1, -0.05) is 5.73 Å². The molecule has 0 spiro atoms. The van der Waals surface area contributed by atoms with E-state index >= 15 is 0 Å². The number of aliphatic carboxylic acids is 1. The van der Waals surface area contributed by atoms with Crippen molar-refractivity contribution in [1.29, 1.82) is 0 Å². The highest BCUT2D eigenvalue weighted by Crippen LogP contribution is 1.90. The number of aliphatic hydroxyl groups excluding tert-OH is 2. The second kappa shape index (κ2) is 4.61. The molecule has 0 aliphatic heterocycles. The Bertz CT molecular complexity index is 176. The van der Waals surface area contributed by atoms with Gasteiger partial charge >= 0.3 is 5.97 Å². The fraction of sp³-hybridized carbons (Fsp3) is 0.333. The molecule has 3 N–H and O–H groups in total. The Hall–Kier alpha value is -1.25. The summed E-state index contributed by atoms with van der Waals surface area (Å²) in [4.78, 5) is 9.80. The third-order valence-corrected chi connectivity index (χ3v) is 0.711. The number of rotatable bonds is 3. The van der Waals surface area contributed by atoms with Crippen LogP contribution in [0.5, 0.6) is 0 Å². The third kappa shape index (κ3) is 4.90. The van der Waals surface area contributed by atoms with Crippen molar-refractivity contribution in [2.45, 2.75) is 6.42 Å². The van der Waals surface area contributed by atoms with E-state index in [1.54, 1.807) is 0 Å². The molecule has 0 heterocycles. The third-order valence-electron chi connectivity index (χ3n) is 0.711. The number of hydrogen-bond donors (Lipinski definition) is 3. The van der Waals surface area contributed by atoms with Gasteiger partial charge in [-0.15, -0.1) is 0 Å². The number of carboxylic acid groups (broad SMARTS) is 1. The van der Waals surface area contributed by atoms with E-state index in [1.165, 1.54) is 0 Å². The largest absolute Gasteiger partial charge is 0.504 e. The molecule has 0 bridgehead atoms. The highest BCUT2D eigenvalue weighted by molar-refractivity contribution is 5.79. The first-order valence-electron chi connectivity index (χ1n) is 2.65. The van der Waals surface area contributed by atoms with Gasteiger partial charge in [0.15, 0.2) is 0 Å². The second-order valence-electron chi connectivity index (χ2n) is 1.55. The zero-order valence-electron chi connectivity index (χ0n) is 5.24. The van der Waals surface area contributed by atoms with Crippen LogP contribution in [0.2, 0.25) is 0 Å². The van der Waals surface area contributed by atoms with Gasteiger partial charge in [0, 0.05) is 6.42 Å². The van der Waals surface area contributed by atoms with Crippen molar-refractivity contribution in [2.75, 3.05) is 6.61 Å². The van der Waals surface area contributed by atoms with E-state index in [9.17, 15) is 4.79 Å². The molecular formula is C6H8O4. The Balaban J connectivity index is 4.00. The lowest BCUT2D eigenvalue weighted by atomic mass is 10.4. The zero-order valence-corrected chi connectivity index (χ0v) is 5.24. The molecule has 0 aromatic heterocycles. The minimum atomic E-state index is -1.18. The Labute approximate surface area is 57.7 Å². The van der Waals surface area contributed by atoms with E-state index in [1.807, 2.05) is 0 Å². The lowest BCUT2D eigenvalue weighted by Crippen LogP contribution is -1.87. The molecule has 0 aromatic carbocycles. The summed E-state index contributed by atoms with van der Waals surface area (Å²) in [5.41, 5.74) is 2.07. The number of hydrogen-bond acceptors (Lipinski definition) is 3. The topological polar surface area (TPSA) is 77.8 Å². The second-order valence-corrected chi connectivity index (χ2v) is 1.55. The maximum atomic E-state index is 9.80. The summed E-state index contributed by atoms with van der Waals surface area (Å²) in [6.07, 6.45) is 0.717. The summed E-state index contributed by atoms with van der Waals surface area (Å²) in [6.45, 7) is -0.216. The lowest BCUT2D eigenvalue weighted by Gasteiger charge is -1.87. The highest BCUT2D eigenvalue weighted by Gasteiger charge is 1.88. The lowest BCUT2D eigenvalue weighted by molar-refractivity contribution is -0.131. The van der Waals surface area contributed by atoms with E-state index < -0.39 is 5.97 Å². The minimum absolute atomic E-state index is 0.0315. The molecule has 0 aliphatic carbocycles. The van der Waals surface area contributed by atoms with Crippen LogP contribution < -0.4 is 0 Å². The Morgan fingerprint density at radius 1 is 1.50 bits per heavy atom. The van der Waals surface area contributed by atoms with Crippen molar-refractivity contribution in [1.82, 2.24) is 0 Å². The standard InChI is InChI=1S/C6H8O4/c7-4-3-5(8)1-2-6(9)10/h2,7-8H,3-4H2,(H,9,10). The van der Waals surface area contributed by atoms with Crippen molar-refractivity contribution >= 4 is 5.97 Å². The van der Waals surface area contributed by atoms with Crippen molar-refractivity contribution in [3.05, 3.63) is 17.6 Å². The molecule has 0 fully saturated rings. The molecule has 0 amide bonds. The summed E-state index contributed by atoms with van der Waals surface area (Å²) < 4.78 is 0. The van der Waals surface area contributed by atoms with Crippen LogP contribution in [-0.4, -0.2) is 27.9 Å². The average molecular weight is 144 g/mol. The minimum Gasteiger partial charge on any atom is -0.504 e. The van der Waals surface area contributed by atoms with Gasteiger partial charge in [0.2, 0.25) is 0 Å². The Kier molecular flexibility index (Phi) is 4.04. The Morgan fingerprint density at radius 2 is 2.10 bits per heavy atom. The quantitative estimate of drug-likeness (QED) is 0.297. The molecule has 0 aromatic rings. The van der Waals surface area contributed by atoms with Crippen LogP contribution in [-0.2, 0) is 4.79 Å². The van der Waals surface area contributed by atoms with Gasteiger partial charge in [-0.2, -0.15) is 0 Å². The summed E-state index contributed by atoms with van der Waals surface area (Å²) in [5, 5.41) is 24.9. The first-order valence-corrected chi connectivity index (χ1v) is 2.65. The smallest absolute Gasteiger partial charge is 0.336 e. The molecule has 0 unspecified atom stereocenters. The van der Waals surface area contributed by atoms with E-state index in [0.717, 1.165) is 0 Å². The van der Waals surface area contributed by atoms with Crippen LogP contribution in [0, 0.1) is 0 Å². The zero-order chi connectivity index (χ0) is 7.98. The highest BCUT2D eigenvalue weighted by atomic mass is 16.4. The van der Waals surface area contributed by atoms with Crippen LogP contribution in [0.4, 0.5) is 0 Å². The van der Waals surface area contributed by atoms with Crippen LogP contribution >= 0.6 is 0 Å². The van der Waals surface area contributed by atoms with Crippen LogP contribution in [0.15, 0.2) is 17.6 Å². The van der Waals surface area contributed by atoms with Crippen LogP contribution in [0.1, 0.15) is 6.42 Å². The molecule has 10 heavy (non-hydrogen) atoms. The van der Waals surface area contributed by atoms with Crippen molar-refractivity contribution in [3.63, 3.8) is 0 Å². The fourth-order valence-corrected chi connectivity index (χ4v) is 0.323. The van der Waals surface area contributed by atoms with Crippen LogP contribution in [0.3, 0.4) is 0 Å². The molecule has 0 rings (SSSR count). The van der Waals surface area contributed by atoms with E-state index in [4.69, 9.17) is 15.3 Å². The molecule has 0 aliphatic rings. The maximum absolute atomic E-state index is 9.80. The molecule has 0 radical (unpaired) electrons. The average Bonchev–Trinajstić information content (AvgIpc) is 1.85. The first kappa shape index (κ1) is 8.75. The fourth-order valence-electron chi connectivity index (χ4n) is 0.323. The normalized spacial score (nSPS) is 8.10. The molecule has 56 valence electrons. The molecule has 4 heteroatoms. The molecule has 0 saturated heterocycles. The molecule has 0 atom stereocenters.